The summed E-state index contributed by atoms with van der Waals surface area (Å²) in [5, 5.41) is 0. The van der Waals surface area contributed by atoms with Crippen molar-refractivity contribution in [3.8, 4) is 0 Å². The molecule has 19 heavy (non-hydrogen) atoms. The van der Waals surface area contributed by atoms with Crippen LogP contribution in [0.1, 0.15) is 32.3 Å². The normalized spacial score (nSPS) is 18.1. The van der Waals surface area contributed by atoms with E-state index < -0.39 is 5.41 Å². The van der Waals surface area contributed by atoms with Crippen molar-refractivity contribution in [1.29, 1.82) is 0 Å². The van der Waals surface area contributed by atoms with Crippen LogP contribution in [0.5, 0.6) is 0 Å². The maximum atomic E-state index is 12.2. The van der Waals surface area contributed by atoms with Gasteiger partial charge in [-0.1, -0.05) is 44.2 Å². The second-order valence-electron chi connectivity index (χ2n) is 4.74. The molecule has 106 valence electrons. The van der Waals surface area contributed by atoms with E-state index in [0.29, 0.717) is 0 Å². The predicted molar refractivity (Wildman–Crippen MR) is 78.2 cm³/mol. The Kier molecular flexibility index (Phi) is 6.03. The number of benzene rings is 1. The summed E-state index contributed by atoms with van der Waals surface area (Å²) in [6, 6.07) is 10.0. The predicted octanol–water partition coefficient (Wildman–Crippen LogP) is 2.85. The molecular formula is C16H25NO2. The molecule has 1 heterocycles. The highest BCUT2D eigenvalue weighted by Crippen LogP contribution is 2.36. The second-order valence-corrected chi connectivity index (χ2v) is 4.74. The van der Waals surface area contributed by atoms with E-state index in [4.69, 9.17) is 4.74 Å². The van der Waals surface area contributed by atoms with Crippen LogP contribution in [0.2, 0.25) is 0 Å². The Balaban J connectivity index is 0.000000861. The van der Waals surface area contributed by atoms with Crippen LogP contribution in [0.3, 0.4) is 0 Å². The monoisotopic (exact) mass is 263 g/mol. The molecular weight excluding hydrogens is 238 g/mol. The molecule has 0 unspecified atom stereocenters. The lowest BCUT2D eigenvalue weighted by Gasteiger charge is -2.38. The Morgan fingerprint density at radius 1 is 1.16 bits per heavy atom. The first-order chi connectivity index (χ1) is 9.19. The fraction of sp³-hybridized carbons (Fsp3) is 0.562. The van der Waals surface area contributed by atoms with E-state index in [2.05, 4.69) is 11.9 Å². The van der Waals surface area contributed by atoms with E-state index >= 15 is 0 Å². The first kappa shape index (κ1) is 15.7. The van der Waals surface area contributed by atoms with Crippen LogP contribution in [0.15, 0.2) is 30.3 Å². The van der Waals surface area contributed by atoms with E-state index in [1.54, 1.807) is 0 Å². The second kappa shape index (κ2) is 7.29. The molecule has 1 saturated heterocycles. The lowest BCUT2D eigenvalue weighted by Crippen LogP contribution is -2.46. The maximum Gasteiger partial charge on any atom is 0.316 e. The van der Waals surface area contributed by atoms with Crippen LogP contribution in [-0.2, 0) is 14.9 Å². The molecule has 1 fully saturated rings. The Labute approximate surface area is 116 Å². The average Bonchev–Trinajstić information content (AvgIpc) is 2.50. The summed E-state index contributed by atoms with van der Waals surface area (Å²) in [6.07, 6.45) is 1.67. The van der Waals surface area contributed by atoms with Gasteiger partial charge >= 0.3 is 5.97 Å². The fourth-order valence-corrected chi connectivity index (χ4v) is 2.56. The summed E-state index contributed by atoms with van der Waals surface area (Å²) in [5.74, 6) is -0.100. The molecule has 0 saturated carbocycles. The maximum absolute atomic E-state index is 12.2. The van der Waals surface area contributed by atoms with Crippen molar-refractivity contribution < 1.29 is 9.53 Å². The highest BCUT2D eigenvalue weighted by atomic mass is 16.5. The van der Waals surface area contributed by atoms with Crippen molar-refractivity contribution in [3.05, 3.63) is 35.9 Å². The molecule has 0 atom stereocenters. The Hall–Kier alpha value is -1.35. The molecule has 1 aliphatic heterocycles. The molecule has 0 spiro atoms. The van der Waals surface area contributed by atoms with Gasteiger partial charge in [-0.05, 0) is 38.5 Å². The van der Waals surface area contributed by atoms with E-state index in [-0.39, 0.29) is 5.97 Å². The smallest absolute Gasteiger partial charge is 0.316 e. The molecule has 3 nitrogen and oxygen atoms in total. The van der Waals surface area contributed by atoms with Gasteiger partial charge in [0.2, 0.25) is 0 Å². The summed E-state index contributed by atoms with van der Waals surface area (Å²) >= 11 is 0. The zero-order chi connectivity index (χ0) is 14.3. The topological polar surface area (TPSA) is 29.5 Å². The molecule has 0 N–H and O–H groups in total. The van der Waals surface area contributed by atoms with E-state index in [0.717, 1.165) is 31.5 Å². The van der Waals surface area contributed by atoms with Gasteiger partial charge in [-0.15, -0.1) is 0 Å². The summed E-state index contributed by atoms with van der Waals surface area (Å²) in [6.45, 7) is 5.87. The number of methoxy groups -OCH3 is 1. The molecule has 0 amide bonds. The van der Waals surface area contributed by atoms with E-state index in [1.165, 1.54) is 7.11 Å². The van der Waals surface area contributed by atoms with Gasteiger partial charge in [0, 0.05) is 0 Å². The Morgan fingerprint density at radius 2 is 1.68 bits per heavy atom. The van der Waals surface area contributed by atoms with Gasteiger partial charge in [0.1, 0.15) is 0 Å². The van der Waals surface area contributed by atoms with Gasteiger partial charge in [0.25, 0.3) is 0 Å². The Bertz CT molecular complexity index is 381. The number of likely N-dealkylation sites (tertiary alicyclic amines) is 1. The van der Waals surface area contributed by atoms with Crippen LogP contribution < -0.4 is 0 Å². The van der Waals surface area contributed by atoms with Gasteiger partial charge in [-0.25, -0.2) is 0 Å². The van der Waals surface area contributed by atoms with Gasteiger partial charge in [0.05, 0.1) is 12.5 Å². The van der Waals surface area contributed by atoms with Gasteiger partial charge in [-0.2, -0.15) is 0 Å². The lowest BCUT2D eigenvalue weighted by atomic mass is 9.73. The van der Waals surface area contributed by atoms with Crippen LogP contribution in [0, 0.1) is 0 Å². The molecule has 0 aromatic heterocycles. The number of esters is 1. The number of rotatable bonds is 2. The number of carbonyl (C=O) groups is 1. The van der Waals surface area contributed by atoms with Crippen molar-refractivity contribution in [2.75, 3.05) is 27.2 Å². The zero-order valence-corrected chi connectivity index (χ0v) is 12.5. The van der Waals surface area contributed by atoms with Crippen molar-refractivity contribution in [3.63, 3.8) is 0 Å². The molecule has 0 radical (unpaired) electrons. The number of nitrogens with zero attached hydrogens (tertiary/aromatic N) is 1. The molecule has 2 rings (SSSR count). The summed E-state index contributed by atoms with van der Waals surface area (Å²) < 4.78 is 5.03. The Morgan fingerprint density at radius 3 is 2.16 bits per heavy atom. The van der Waals surface area contributed by atoms with Crippen molar-refractivity contribution >= 4 is 5.97 Å². The number of hydrogen-bond acceptors (Lipinski definition) is 3. The minimum atomic E-state index is -0.442. The largest absolute Gasteiger partial charge is 0.468 e. The molecule has 3 heteroatoms. The number of hydrogen-bond donors (Lipinski definition) is 0. The van der Waals surface area contributed by atoms with Crippen LogP contribution in [-0.4, -0.2) is 38.1 Å². The van der Waals surface area contributed by atoms with Gasteiger partial charge in [0.15, 0.2) is 0 Å². The minimum absolute atomic E-state index is 0.100. The van der Waals surface area contributed by atoms with E-state index in [1.807, 2.05) is 44.2 Å². The standard InChI is InChI=1S/C14H19NO2.C2H6/c1-15-10-8-14(9-11-15,13(16)17-2)12-6-4-3-5-7-12;1-2/h3-7H,8-11H2,1-2H3;1-2H3. The first-order valence-corrected chi connectivity index (χ1v) is 7.01. The van der Waals surface area contributed by atoms with Gasteiger partial charge < -0.3 is 9.64 Å². The van der Waals surface area contributed by atoms with Crippen molar-refractivity contribution in [2.24, 2.45) is 0 Å². The summed E-state index contributed by atoms with van der Waals surface area (Å²) in [7, 11) is 3.57. The van der Waals surface area contributed by atoms with Crippen LogP contribution in [0.25, 0.3) is 0 Å². The van der Waals surface area contributed by atoms with Crippen LogP contribution in [0.4, 0.5) is 0 Å². The zero-order valence-electron chi connectivity index (χ0n) is 12.5. The van der Waals surface area contributed by atoms with Crippen molar-refractivity contribution in [1.82, 2.24) is 4.90 Å². The third kappa shape index (κ3) is 3.35. The quantitative estimate of drug-likeness (QED) is 0.768. The summed E-state index contributed by atoms with van der Waals surface area (Å²) in [5.41, 5.74) is 0.641. The minimum Gasteiger partial charge on any atom is -0.468 e. The highest BCUT2D eigenvalue weighted by molar-refractivity contribution is 5.83. The third-order valence-electron chi connectivity index (χ3n) is 3.74. The molecule has 1 aromatic carbocycles. The molecule has 0 aliphatic carbocycles. The highest BCUT2D eigenvalue weighted by Gasteiger charge is 2.43. The average molecular weight is 263 g/mol. The number of ether oxygens (including phenoxy) is 1. The third-order valence-corrected chi connectivity index (χ3v) is 3.74. The number of piperidine rings is 1. The van der Waals surface area contributed by atoms with E-state index in [9.17, 15) is 4.79 Å². The lowest BCUT2D eigenvalue weighted by molar-refractivity contribution is -0.149. The first-order valence-electron chi connectivity index (χ1n) is 7.01. The fourth-order valence-electron chi connectivity index (χ4n) is 2.56. The van der Waals surface area contributed by atoms with Crippen molar-refractivity contribution in [2.45, 2.75) is 32.1 Å². The number of carbonyl (C=O) groups excluding carboxylic acids is 1. The SMILES string of the molecule is CC.COC(=O)C1(c2ccccc2)CCN(C)CC1. The summed E-state index contributed by atoms with van der Waals surface area (Å²) in [4.78, 5) is 14.4. The molecule has 0 bridgehead atoms. The molecule has 1 aromatic rings. The van der Waals surface area contributed by atoms with Gasteiger partial charge in [-0.3, -0.25) is 4.79 Å². The van der Waals surface area contributed by atoms with Crippen LogP contribution >= 0.6 is 0 Å². The molecule has 1 aliphatic rings.